The number of aryl methyl sites for hydroxylation is 1. The van der Waals surface area contributed by atoms with Crippen LogP contribution < -0.4 is 0 Å². The largest absolute Gasteiger partial charge is 0.382 e. The second kappa shape index (κ2) is 4.81. The second-order valence-corrected chi connectivity index (χ2v) is 5.56. The minimum atomic E-state index is -0.716. The highest BCUT2D eigenvalue weighted by molar-refractivity contribution is 5.09. The molecule has 17 heavy (non-hydrogen) atoms. The van der Waals surface area contributed by atoms with Crippen molar-refractivity contribution >= 4 is 0 Å². The number of hydrogen-bond donors (Lipinski definition) is 1. The van der Waals surface area contributed by atoms with Gasteiger partial charge in [-0.2, -0.15) is 0 Å². The molecule has 3 heteroatoms. The van der Waals surface area contributed by atoms with Crippen LogP contribution in [0.4, 0.5) is 0 Å². The molecule has 1 aliphatic carbocycles. The maximum atomic E-state index is 11.1. The minimum Gasteiger partial charge on any atom is -0.382 e. The van der Waals surface area contributed by atoms with E-state index in [1.165, 1.54) is 6.42 Å². The lowest BCUT2D eigenvalue weighted by atomic mass is 9.69. The van der Waals surface area contributed by atoms with Crippen molar-refractivity contribution < 1.29 is 5.11 Å². The molecule has 1 saturated carbocycles. The fraction of sp³-hybridized carbons (Fsp3) is 0.786. The quantitative estimate of drug-likeness (QED) is 0.876. The van der Waals surface area contributed by atoms with Gasteiger partial charge >= 0.3 is 0 Å². The molecule has 1 N–H and O–H groups in total. The summed E-state index contributed by atoms with van der Waals surface area (Å²) < 4.78 is 2.08. The number of aliphatic hydroxyl groups is 1. The predicted molar refractivity (Wildman–Crippen MR) is 68.6 cm³/mol. The lowest BCUT2D eigenvalue weighted by Gasteiger charge is -2.41. The lowest BCUT2D eigenvalue weighted by molar-refractivity contribution is -0.0811. The van der Waals surface area contributed by atoms with Gasteiger partial charge in [0.2, 0.25) is 0 Å². The average Bonchev–Trinajstić information content (AvgIpc) is 2.77. The van der Waals surface area contributed by atoms with Crippen molar-refractivity contribution in [1.82, 2.24) is 9.55 Å². The number of aromatic nitrogens is 2. The average molecular weight is 236 g/mol. The SMILES string of the molecule is CCn1ccnc1C1(O)CCCCC1C(C)C. The molecule has 0 amide bonds. The summed E-state index contributed by atoms with van der Waals surface area (Å²) in [4.78, 5) is 4.43. The molecule has 1 heterocycles. The molecular formula is C14H24N2O. The Morgan fingerprint density at radius 1 is 1.53 bits per heavy atom. The highest BCUT2D eigenvalue weighted by Crippen LogP contribution is 2.44. The topological polar surface area (TPSA) is 38.0 Å². The zero-order valence-corrected chi connectivity index (χ0v) is 11.2. The Balaban J connectivity index is 2.37. The van der Waals surface area contributed by atoms with Gasteiger partial charge in [-0.1, -0.05) is 26.7 Å². The van der Waals surface area contributed by atoms with E-state index in [2.05, 4.69) is 30.3 Å². The van der Waals surface area contributed by atoms with E-state index < -0.39 is 5.60 Å². The van der Waals surface area contributed by atoms with Crippen LogP contribution in [0.2, 0.25) is 0 Å². The lowest BCUT2D eigenvalue weighted by Crippen LogP contribution is -2.42. The van der Waals surface area contributed by atoms with Gasteiger partial charge in [-0.3, -0.25) is 0 Å². The summed E-state index contributed by atoms with van der Waals surface area (Å²) in [5.74, 6) is 1.71. The summed E-state index contributed by atoms with van der Waals surface area (Å²) in [7, 11) is 0. The van der Waals surface area contributed by atoms with Gasteiger partial charge in [-0.15, -0.1) is 0 Å². The molecule has 0 aliphatic heterocycles. The zero-order chi connectivity index (χ0) is 12.5. The van der Waals surface area contributed by atoms with Gasteiger partial charge in [0, 0.05) is 18.9 Å². The fourth-order valence-corrected chi connectivity index (χ4v) is 3.29. The molecule has 3 nitrogen and oxygen atoms in total. The molecule has 2 atom stereocenters. The van der Waals surface area contributed by atoms with E-state index in [0.717, 1.165) is 31.6 Å². The van der Waals surface area contributed by atoms with E-state index in [4.69, 9.17) is 0 Å². The summed E-state index contributed by atoms with van der Waals surface area (Å²) in [6.07, 6.45) is 8.09. The summed E-state index contributed by atoms with van der Waals surface area (Å²) in [5.41, 5.74) is -0.716. The van der Waals surface area contributed by atoms with Crippen LogP contribution in [0, 0.1) is 11.8 Å². The normalized spacial score (nSPS) is 29.8. The van der Waals surface area contributed by atoms with Gasteiger partial charge < -0.3 is 9.67 Å². The van der Waals surface area contributed by atoms with Crippen molar-refractivity contribution in [2.45, 2.75) is 58.6 Å². The van der Waals surface area contributed by atoms with Gasteiger partial charge in [0.1, 0.15) is 11.4 Å². The first kappa shape index (κ1) is 12.6. The van der Waals surface area contributed by atoms with E-state index in [9.17, 15) is 5.11 Å². The Labute approximate surface area is 104 Å². The summed E-state index contributed by atoms with van der Waals surface area (Å²) in [5, 5.41) is 11.1. The Morgan fingerprint density at radius 3 is 2.94 bits per heavy atom. The third kappa shape index (κ3) is 2.13. The molecule has 2 unspecified atom stereocenters. The molecule has 0 radical (unpaired) electrons. The Bertz CT molecular complexity index is 372. The smallest absolute Gasteiger partial charge is 0.141 e. The van der Waals surface area contributed by atoms with Crippen LogP contribution in [0.5, 0.6) is 0 Å². The van der Waals surface area contributed by atoms with Crippen molar-refractivity contribution in [2.75, 3.05) is 0 Å². The summed E-state index contributed by atoms with van der Waals surface area (Å²) in [6.45, 7) is 7.39. The third-order valence-corrected chi connectivity index (χ3v) is 4.18. The Hall–Kier alpha value is -0.830. The molecule has 1 aliphatic rings. The summed E-state index contributed by atoms with van der Waals surface area (Å²) >= 11 is 0. The second-order valence-electron chi connectivity index (χ2n) is 5.56. The van der Waals surface area contributed by atoms with Crippen LogP contribution >= 0.6 is 0 Å². The van der Waals surface area contributed by atoms with E-state index >= 15 is 0 Å². The van der Waals surface area contributed by atoms with Crippen molar-refractivity contribution in [1.29, 1.82) is 0 Å². The third-order valence-electron chi connectivity index (χ3n) is 4.18. The monoisotopic (exact) mass is 236 g/mol. The van der Waals surface area contributed by atoms with E-state index in [1.54, 1.807) is 0 Å². The van der Waals surface area contributed by atoms with Crippen molar-refractivity contribution in [3.8, 4) is 0 Å². The van der Waals surface area contributed by atoms with Crippen molar-refractivity contribution in [3.63, 3.8) is 0 Å². The molecule has 0 aromatic carbocycles. The molecule has 0 spiro atoms. The molecular weight excluding hydrogens is 212 g/mol. The minimum absolute atomic E-state index is 0.337. The van der Waals surface area contributed by atoms with Crippen molar-refractivity contribution in [2.24, 2.45) is 11.8 Å². The summed E-state index contributed by atoms with van der Waals surface area (Å²) in [6, 6.07) is 0. The van der Waals surface area contributed by atoms with Crippen molar-refractivity contribution in [3.05, 3.63) is 18.2 Å². The maximum absolute atomic E-state index is 11.1. The van der Waals surface area contributed by atoms with Gasteiger partial charge in [0.15, 0.2) is 0 Å². The van der Waals surface area contributed by atoms with E-state index in [0.29, 0.717) is 11.8 Å². The van der Waals surface area contributed by atoms with Gasteiger partial charge in [-0.05, 0) is 31.6 Å². The molecule has 2 rings (SSSR count). The standard InChI is InChI=1S/C14H24N2O/c1-4-16-10-9-15-13(16)14(17)8-6-5-7-12(14)11(2)3/h9-12,17H,4-8H2,1-3H3. The molecule has 0 saturated heterocycles. The zero-order valence-electron chi connectivity index (χ0n) is 11.2. The molecule has 96 valence electrons. The van der Waals surface area contributed by atoms with Crippen LogP contribution in [0.1, 0.15) is 52.3 Å². The van der Waals surface area contributed by atoms with E-state index in [-0.39, 0.29) is 0 Å². The molecule has 0 bridgehead atoms. The fourth-order valence-electron chi connectivity index (χ4n) is 3.29. The van der Waals surface area contributed by atoms with E-state index in [1.807, 2.05) is 12.4 Å². The predicted octanol–water partition coefficient (Wildman–Crippen LogP) is 2.94. The number of rotatable bonds is 3. The van der Waals surface area contributed by atoms with Gasteiger partial charge in [0.25, 0.3) is 0 Å². The Morgan fingerprint density at radius 2 is 2.29 bits per heavy atom. The molecule has 1 fully saturated rings. The number of nitrogens with zero attached hydrogens (tertiary/aromatic N) is 2. The first-order chi connectivity index (χ1) is 8.09. The van der Waals surface area contributed by atoms with Crippen LogP contribution in [0.3, 0.4) is 0 Å². The van der Waals surface area contributed by atoms with Gasteiger partial charge in [0.05, 0.1) is 0 Å². The highest BCUT2D eigenvalue weighted by atomic mass is 16.3. The van der Waals surface area contributed by atoms with Gasteiger partial charge in [-0.25, -0.2) is 4.98 Å². The first-order valence-electron chi connectivity index (χ1n) is 6.83. The molecule has 1 aromatic rings. The van der Waals surface area contributed by atoms with Crippen LogP contribution in [-0.2, 0) is 12.1 Å². The Kier molecular flexibility index (Phi) is 3.57. The van der Waals surface area contributed by atoms with Crippen LogP contribution in [-0.4, -0.2) is 14.7 Å². The first-order valence-corrected chi connectivity index (χ1v) is 6.83. The highest BCUT2D eigenvalue weighted by Gasteiger charge is 2.44. The van der Waals surface area contributed by atoms with Crippen LogP contribution in [0.15, 0.2) is 12.4 Å². The molecule has 1 aromatic heterocycles. The number of hydrogen-bond acceptors (Lipinski definition) is 2. The number of imidazole rings is 1. The van der Waals surface area contributed by atoms with Crippen LogP contribution in [0.25, 0.3) is 0 Å². The maximum Gasteiger partial charge on any atom is 0.141 e.